The molecule has 5 nitrogen and oxygen atoms in total. The van der Waals surface area contributed by atoms with Gasteiger partial charge in [-0.05, 0) is 57.2 Å². The van der Waals surface area contributed by atoms with Crippen molar-refractivity contribution in [3.8, 4) is 0 Å². The Morgan fingerprint density at radius 2 is 1.62 bits per heavy atom. The molecule has 0 bridgehead atoms. The fourth-order valence-electron chi connectivity index (χ4n) is 5.31. The highest BCUT2D eigenvalue weighted by Gasteiger charge is 2.28. The summed E-state index contributed by atoms with van der Waals surface area (Å²) in [5.74, 6) is 0. The molecule has 2 fully saturated rings. The van der Waals surface area contributed by atoms with E-state index in [1.54, 1.807) is 0 Å². The number of rotatable bonds is 5. The van der Waals surface area contributed by atoms with E-state index < -0.39 is 0 Å². The molecule has 1 saturated carbocycles. The zero-order valence-electron chi connectivity index (χ0n) is 17.7. The van der Waals surface area contributed by atoms with Crippen LogP contribution in [0.1, 0.15) is 75.9 Å². The van der Waals surface area contributed by atoms with Crippen molar-refractivity contribution in [1.82, 2.24) is 14.5 Å². The van der Waals surface area contributed by atoms with Gasteiger partial charge < -0.3 is 15.2 Å². The monoisotopic (exact) mass is 396 g/mol. The Bertz CT molecular complexity index is 846. The van der Waals surface area contributed by atoms with Gasteiger partial charge in [0.1, 0.15) is 5.69 Å². The van der Waals surface area contributed by atoms with E-state index in [1.165, 1.54) is 44.9 Å². The van der Waals surface area contributed by atoms with E-state index in [4.69, 9.17) is 5.73 Å². The van der Waals surface area contributed by atoms with Gasteiger partial charge in [0.25, 0.3) is 5.56 Å². The molecule has 0 spiro atoms. The second-order valence-corrected chi connectivity index (χ2v) is 8.88. The van der Waals surface area contributed by atoms with Gasteiger partial charge in [0.05, 0.1) is 11.0 Å². The van der Waals surface area contributed by atoms with Gasteiger partial charge in [0, 0.05) is 25.2 Å². The van der Waals surface area contributed by atoms with Crippen LogP contribution in [0.15, 0.2) is 29.1 Å². The number of fused-ring (bicyclic) bond motifs is 1. The van der Waals surface area contributed by atoms with Crippen molar-refractivity contribution in [3.05, 3.63) is 40.3 Å². The van der Waals surface area contributed by atoms with Gasteiger partial charge in [-0.25, -0.2) is 4.98 Å². The van der Waals surface area contributed by atoms with Crippen LogP contribution in [0, 0.1) is 0 Å². The molecule has 4 rings (SSSR count). The van der Waals surface area contributed by atoms with Crippen molar-refractivity contribution >= 4 is 11.0 Å². The molecule has 2 heterocycles. The predicted molar refractivity (Wildman–Crippen MR) is 119 cm³/mol. The molecule has 0 amide bonds. The molecular formula is C24H36N4O. The highest BCUT2D eigenvalue weighted by atomic mass is 16.1. The summed E-state index contributed by atoms with van der Waals surface area (Å²) in [6.07, 6.45) is 13.3. The van der Waals surface area contributed by atoms with Gasteiger partial charge >= 0.3 is 0 Å². The van der Waals surface area contributed by atoms with Crippen LogP contribution in [-0.2, 0) is 6.42 Å². The first-order valence-electron chi connectivity index (χ1n) is 11.7. The summed E-state index contributed by atoms with van der Waals surface area (Å²) < 4.78 is 2.06. The van der Waals surface area contributed by atoms with Crippen molar-refractivity contribution in [3.63, 3.8) is 0 Å². The summed E-state index contributed by atoms with van der Waals surface area (Å²) in [5.41, 5.74) is 8.38. The molecular weight excluding hydrogens is 360 g/mol. The van der Waals surface area contributed by atoms with Crippen molar-refractivity contribution < 1.29 is 0 Å². The zero-order valence-corrected chi connectivity index (χ0v) is 17.7. The van der Waals surface area contributed by atoms with Gasteiger partial charge in [0.2, 0.25) is 0 Å². The average molecular weight is 397 g/mol. The third-order valence-electron chi connectivity index (χ3n) is 6.94. The first kappa shape index (κ1) is 20.5. The quantitative estimate of drug-likeness (QED) is 0.828. The number of para-hydroxylation sites is 2. The number of likely N-dealkylation sites (tertiary alicyclic amines) is 1. The van der Waals surface area contributed by atoms with Crippen molar-refractivity contribution in [1.29, 1.82) is 0 Å². The van der Waals surface area contributed by atoms with E-state index in [9.17, 15) is 4.79 Å². The van der Waals surface area contributed by atoms with Crippen LogP contribution in [-0.4, -0.2) is 40.1 Å². The number of nitrogens with zero attached hydrogens (tertiary/aromatic N) is 3. The minimum Gasteiger partial charge on any atom is -0.330 e. The molecule has 1 saturated heterocycles. The van der Waals surface area contributed by atoms with Crippen LogP contribution in [0.5, 0.6) is 0 Å². The molecule has 0 radical (unpaired) electrons. The zero-order chi connectivity index (χ0) is 20.1. The standard InChI is InChI=1S/C24H36N4O/c25-16-8-12-22-24(29)28(23-13-7-6-11-21(23)26-22)20-14-17-27(18-15-20)19-9-4-2-1-3-5-10-19/h6-7,11,13,19-20H,1-5,8-10,12,14-18,25H2. The predicted octanol–water partition coefficient (Wildman–Crippen LogP) is 4.04. The SMILES string of the molecule is NCCCc1nc2ccccc2n(C2CCN(C3CCCCCCC3)CC2)c1=O. The van der Waals surface area contributed by atoms with E-state index in [1.807, 2.05) is 18.2 Å². The maximum Gasteiger partial charge on any atom is 0.272 e. The maximum absolute atomic E-state index is 13.3. The summed E-state index contributed by atoms with van der Waals surface area (Å²) in [5, 5.41) is 0. The van der Waals surface area contributed by atoms with Gasteiger partial charge in [0.15, 0.2) is 0 Å². The van der Waals surface area contributed by atoms with Crippen LogP contribution in [0.3, 0.4) is 0 Å². The Hall–Kier alpha value is -1.72. The molecule has 0 atom stereocenters. The lowest BCUT2D eigenvalue weighted by Gasteiger charge is -2.39. The molecule has 0 unspecified atom stereocenters. The first-order valence-corrected chi connectivity index (χ1v) is 11.7. The summed E-state index contributed by atoms with van der Waals surface area (Å²) >= 11 is 0. The maximum atomic E-state index is 13.3. The molecule has 1 aliphatic heterocycles. The number of aryl methyl sites for hydroxylation is 1. The Balaban J connectivity index is 1.54. The lowest BCUT2D eigenvalue weighted by Crippen LogP contribution is -2.43. The van der Waals surface area contributed by atoms with Gasteiger partial charge in [-0.15, -0.1) is 0 Å². The molecule has 2 N–H and O–H groups in total. The highest BCUT2D eigenvalue weighted by Crippen LogP contribution is 2.29. The van der Waals surface area contributed by atoms with Gasteiger partial charge in [-0.1, -0.05) is 44.2 Å². The number of hydrogen-bond donors (Lipinski definition) is 1. The molecule has 158 valence electrons. The third kappa shape index (κ3) is 4.72. The smallest absolute Gasteiger partial charge is 0.272 e. The molecule has 1 aliphatic carbocycles. The van der Waals surface area contributed by atoms with E-state index in [0.717, 1.165) is 49.4 Å². The highest BCUT2D eigenvalue weighted by molar-refractivity contribution is 5.74. The molecule has 2 aromatic rings. The number of nitrogens with two attached hydrogens (primary N) is 1. The second-order valence-electron chi connectivity index (χ2n) is 8.88. The molecule has 1 aromatic heterocycles. The minimum atomic E-state index is 0.0987. The van der Waals surface area contributed by atoms with Crippen molar-refractivity contribution in [2.75, 3.05) is 19.6 Å². The summed E-state index contributed by atoms with van der Waals surface area (Å²) in [4.78, 5) is 20.7. The fraction of sp³-hybridized carbons (Fsp3) is 0.667. The second kappa shape index (κ2) is 9.86. The summed E-state index contributed by atoms with van der Waals surface area (Å²) in [6, 6.07) is 9.13. The fourth-order valence-corrected chi connectivity index (χ4v) is 5.31. The van der Waals surface area contributed by atoms with E-state index in [-0.39, 0.29) is 11.6 Å². The summed E-state index contributed by atoms with van der Waals surface area (Å²) in [7, 11) is 0. The van der Waals surface area contributed by atoms with Crippen molar-refractivity contribution in [2.45, 2.75) is 82.7 Å². The first-order chi connectivity index (χ1) is 14.3. The topological polar surface area (TPSA) is 64.2 Å². The molecule has 29 heavy (non-hydrogen) atoms. The van der Waals surface area contributed by atoms with Crippen LogP contribution in [0.2, 0.25) is 0 Å². The van der Waals surface area contributed by atoms with Crippen molar-refractivity contribution in [2.24, 2.45) is 5.73 Å². The molecule has 1 aromatic carbocycles. The number of hydrogen-bond acceptors (Lipinski definition) is 4. The molecule has 5 heteroatoms. The Labute approximate surface area is 174 Å². The van der Waals surface area contributed by atoms with Gasteiger partial charge in [-0.2, -0.15) is 0 Å². The molecule has 2 aliphatic rings. The number of piperidine rings is 1. The lowest BCUT2D eigenvalue weighted by atomic mass is 9.93. The number of aromatic nitrogens is 2. The van der Waals surface area contributed by atoms with Crippen LogP contribution < -0.4 is 11.3 Å². The van der Waals surface area contributed by atoms with E-state index in [0.29, 0.717) is 18.7 Å². The Morgan fingerprint density at radius 3 is 2.34 bits per heavy atom. The van der Waals surface area contributed by atoms with Crippen LogP contribution in [0.25, 0.3) is 11.0 Å². The lowest BCUT2D eigenvalue weighted by molar-refractivity contribution is 0.116. The van der Waals surface area contributed by atoms with E-state index in [2.05, 4.69) is 20.5 Å². The van der Waals surface area contributed by atoms with Crippen LogP contribution in [0.4, 0.5) is 0 Å². The van der Waals surface area contributed by atoms with Gasteiger partial charge in [-0.3, -0.25) is 4.79 Å². The Kier molecular flexibility index (Phi) is 6.98. The van der Waals surface area contributed by atoms with Crippen LogP contribution >= 0.6 is 0 Å². The Morgan fingerprint density at radius 1 is 0.931 bits per heavy atom. The average Bonchev–Trinajstić information content (AvgIpc) is 2.72. The minimum absolute atomic E-state index is 0.0987. The normalized spacial score (nSPS) is 20.6. The largest absolute Gasteiger partial charge is 0.330 e. The number of benzene rings is 1. The van der Waals surface area contributed by atoms with E-state index >= 15 is 0 Å². The summed E-state index contributed by atoms with van der Waals surface area (Å²) in [6.45, 7) is 2.81. The third-order valence-corrected chi connectivity index (χ3v) is 6.94.